The Balaban J connectivity index is 1.91. The fraction of sp³-hybridized carbons (Fsp3) is 0.357. The molecule has 1 aromatic carbocycles. The minimum Gasteiger partial charge on any atom is -0.394 e. The van der Waals surface area contributed by atoms with Crippen LogP contribution in [0.4, 0.5) is 5.69 Å². The van der Waals surface area contributed by atoms with Crippen molar-refractivity contribution >= 4 is 11.6 Å². The van der Waals surface area contributed by atoms with Gasteiger partial charge in [-0.15, -0.1) is 0 Å². The van der Waals surface area contributed by atoms with E-state index in [0.29, 0.717) is 23.8 Å². The van der Waals surface area contributed by atoms with E-state index in [9.17, 15) is 4.79 Å². The zero-order valence-electron chi connectivity index (χ0n) is 12.0. The summed E-state index contributed by atoms with van der Waals surface area (Å²) in [5.41, 5.74) is 1.38. The third-order valence-electron chi connectivity index (χ3n) is 2.81. The first-order valence-electron chi connectivity index (χ1n) is 6.63. The average Bonchev–Trinajstić information content (AvgIpc) is 2.91. The van der Waals surface area contributed by atoms with Crippen molar-refractivity contribution in [3.8, 4) is 0 Å². The standard InChI is InChI=1S/C14H18N4O3/c1-9(8-19)16-14(20)11-3-5-12(6-4-11)15-7-13-17-10(2)18-21-13/h3-6,9,15,19H,7-8H2,1-2H3,(H,16,20)/t9-/m0/s1. The Bertz CT molecular complexity index is 595. The molecule has 0 fully saturated rings. The summed E-state index contributed by atoms with van der Waals surface area (Å²) >= 11 is 0. The largest absolute Gasteiger partial charge is 0.394 e. The first kappa shape index (κ1) is 15.0. The van der Waals surface area contributed by atoms with Crippen LogP contribution in [0.1, 0.15) is 29.0 Å². The Morgan fingerprint density at radius 2 is 2.10 bits per heavy atom. The normalized spacial score (nSPS) is 12.0. The first-order chi connectivity index (χ1) is 10.1. The third-order valence-corrected chi connectivity index (χ3v) is 2.81. The van der Waals surface area contributed by atoms with Gasteiger partial charge in [0.1, 0.15) is 0 Å². The Labute approximate surface area is 122 Å². The van der Waals surface area contributed by atoms with Gasteiger partial charge in [0, 0.05) is 17.3 Å². The number of aliphatic hydroxyl groups is 1. The van der Waals surface area contributed by atoms with E-state index in [1.807, 2.05) is 0 Å². The number of carbonyl (C=O) groups excluding carboxylic acids is 1. The number of rotatable bonds is 6. The van der Waals surface area contributed by atoms with E-state index in [-0.39, 0.29) is 18.6 Å². The quantitative estimate of drug-likeness (QED) is 0.736. The zero-order chi connectivity index (χ0) is 15.2. The fourth-order valence-electron chi connectivity index (χ4n) is 1.68. The number of aryl methyl sites for hydroxylation is 1. The van der Waals surface area contributed by atoms with Crippen molar-refractivity contribution in [3.63, 3.8) is 0 Å². The van der Waals surface area contributed by atoms with E-state index in [2.05, 4.69) is 20.8 Å². The molecule has 1 atom stereocenters. The number of anilines is 1. The highest BCUT2D eigenvalue weighted by molar-refractivity contribution is 5.94. The number of aliphatic hydroxyl groups excluding tert-OH is 1. The first-order valence-corrected chi connectivity index (χ1v) is 6.63. The van der Waals surface area contributed by atoms with Crippen LogP contribution in [0.5, 0.6) is 0 Å². The monoisotopic (exact) mass is 290 g/mol. The lowest BCUT2D eigenvalue weighted by Gasteiger charge is -2.11. The predicted octanol–water partition coefficient (Wildman–Crippen LogP) is 1.10. The van der Waals surface area contributed by atoms with Crippen LogP contribution >= 0.6 is 0 Å². The van der Waals surface area contributed by atoms with E-state index in [1.165, 1.54) is 0 Å². The van der Waals surface area contributed by atoms with E-state index >= 15 is 0 Å². The summed E-state index contributed by atoms with van der Waals surface area (Å²) in [4.78, 5) is 15.9. The lowest BCUT2D eigenvalue weighted by molar-refractivity contribution is 0.0922. The molecule has 21 heavy (non-hydrogen) atoms. The summed E-state index contributed by atoms with van der Waals surface area (Å²) in [6, 6.07) is 6.74. The molecule has 0 unspecified atom stereocenters. The topological polar surface area (TPSA) is 100 Å². The van der Waals surface area contributed by atoms with Gasteiger partial charge in [0.2, 0.25) is 5.89 Å². The van der Waals surface area contributed by atoms with Crippen LogP contribution in [-0.4, -0.2) is 33.8 Å². The molecule has 0 aliphatic carbocycles. The van der Waals surface area contributed by atoms with E-state index in [4.69, 9.17) is 9.63 Å². The Kier molecular flexibility index (Phi) is 4.89. The van der Waals surface area contributed by atoms with Crippen LogP contribution in [0.25, 0.3) is 0 Å². The van der Waals surface area contributed by atoms with Gasteiger partial charge in [0.15, 0.2) is 5.82 Å². The number of aromatic nitrogens is 2. The molecular weight excluding hydrogens is 272 g/mol. The third kappa shape index (κ3) is 4.28. The Morgan fingerprint density at radius 1 is 1.38 bits per heavy atom. The van der Waals surface area contributed by atoms with Crippen LogP contribution in [0.15, 0.2) is 28.8 Å². The number of benzene rings is 1. The van der Waals surface area contributed by atoms with Crippen LogP contribution in [0.3, 0.4) is 0 Å². The number of amides is 1. The summed E-state index contributed by atoms with van der Waals surface area (Å²) in [6.07, 6.45) is 0. The molecule has 3 N–H and O–H groups in total. The van der Waals surface area contributed by atoms with Gasteiger partial charge >= 0.3 is 0 Å². The van der Waals surface area contributed by atoms with Crippen molar-refractivity contribution in [1.29, 1.82) is 0 Å². The molecule has 0 saturated heterocycles. The van der Waals surface area contributed by atoms with Crippen LogP contribution in [0.2, 0.25) is 0 Å². The van der Waals surface area contributed by atoms with Crippen molar-refractivity contribution in [1.82, 2.24) is 15.5 Å². The molecule has 1 heterocycles. The highest BCUT2D eigenvalue weighted by Crippen LogP contribution is 2.11. The maximum Gasteiger partial charge on any atom is 0.251 e. The second-order valence-corrected chi connectivity index (χ2v) is 4.72. The minimum atomic E-state index is -0.268. The van der Waals surface area contributed by atoms with E-state index in [1.54, 1.807) is 38.1 Å². The molecule has 112 valence electrons. The average molecular weight is 290 g/mol. The van der Waals surface area contributed by atoms with Crippen molar-refractivity contribution in [2.75, 3.05) is 11.9 Å². The SMILES string of the molecule is Cc1noc(CNc2ccc(C(=O)N[C@@H](C)CO)cc2)n1. The Hall–Kier alpha value is -2.41. The molecule has 1 aromatic heterocycles. The highest BCUT2D eigenvalue weighted by Gasteiger charge is 2.09. The summed E-state index contributed by atoms with van der Waals surface area (Å²) in [7, 11) is 0. The second kappa shape index (κ2) is 6.85. The van der Waals surface area contributed by atoms with Gasteiger partial charge in [-0.2, -0.15) is 4.98 Å². The number of carbonyl (C=O) groups is 1. The molecule has 7 heteroatoms. The van der Waals surface area contributed by atoms with Crippen LogP contribution < -0.4 is 10.6 Å². The smallest absolute Gasteiger partial charge is 0.251 e. The number of hydrogen-bond acceptors (Lipinski definition) is 6. The molecule has 2 aromatic rings. The summed E-state index contributed by atoms with van der Waals surface area (Å²) in [5, 5.41) is 18.4. The Morgan fingerprint density at radius 3 is 2.67 bits per heavy atom. The lowest BCUT2D eigenvalue weighted by Crippen LogP contribution is -2.34. The molecule has 0 saturated carbocycles. The minimum absolute atomic E-state index is 0.0883. The molecule has 7 nitrogen and oxygen atoms in total. The van der Waals surface area contributed by atoms with E-state index < -0.39 is 0 Å². The fourth-order valence-corrected chi connectivity index (χ4v) is 1.68. The van der Waals surface area contributed by atoms with Gasteiger partial charge in [0.05, 0.1) is 13.2 Å². The van der Waals surface area contributed by atoms with Gasteiger partial charge in [-0.3, -0.25) is 4.79 Å². The molecule has 0 bridgehead atoms. The molecule has 0 aliphatic heterocycles. The number of nitrogens with one attached hydrogen (secondary N) is 2. The molecule has 1 amide bonds. The highest BCUT2D eigenvalue weighted by atomic mass is 16.5. The van der Waals surface area contributed by atoms with Gasteiger partial charge in [0.25, 0.3) is 5.91 Å². The van der Waals surface area contributed by atoms with Crippen molar-refractivity contribution in [3.05, 3.63) is 41.5 Å². The number of nitrogens with zero attached hydrogens (tertiary/aromatic N) is 2. The maximum absolute atomic E-state index is 11.8. The second-order valence-electron chi connectivity index (χ2n) is 4.72. The molecule has 0 aliphatic rings. The summed E-state index contributed by atoms with van der Waals surface area (Å²) in [5.74, 6) is 0.888. The zero-order valence-corrected chi connectivity index (χ0v) is 12.0. The molecular formula is C14H18N4O3. The van der Waals surface area contributed by atoms with Crippen molar-refractivity contribution < 1.29 is 14.4 Å². The number of hydrogen-bond donors (Lipinski definition) is 3. The predicted molar refractivity (Wildman–Crippen MR) is 76.8 cm³/mol. The van der Waals surface area contributed by atoms with Gasteiger partial charge in [-0.1, -0.05) is 5.16 Å². The molecule has 2 rings (SSSR count). The molecule has 0 spiro atoms. The van der Waals surface area contributed by atoms with Crippen molar-refractivity contribution in [2.45, 2.75) is 26.4 Å². The maximum atomic E-state index is 11.8. The van der Waals surface area contributed by atoms with Gasteiger partial charge in [-0.25, -0.2) is 0 Å². The summed E-state index contributed by atoms with van der Waals surface area (Å²) < 4.78 is 4.99. The van der Waals surface area contributed by atoms with Gasteiger partial charge < -0.3 is 20.3 Å². The van der Waals surface area contributed by atoms with Crippen LogP contribution in [0, 0.1) is 6.92 Å². The summed E-state index contributed by atoms with van der Waals surface area (Å²) in [6.45, 7) is 3.83. The van der Waals surface area contributed by atoms with E-state index in [0.717, 1.165) is 5.69 Å². The molecule has 0 radical (unpaired) electrons. The lowest BCUT2D eigenvalue weighted by atomic mass is 10.2. The van der Waals surface area contributed by atoms with Crippen molar-refractivity contribution in [2.24, 2.45) is 0 Å². The van der Waals surface area contributed by atoms with Gasteiger partial charge in [-0.05, 0) is 38.1 Å². The van der Waals surface area contributed by atoms with Crippen LogP contribution in [-0.2, 0) is 6.54 Å².